The summed E-state index contributed by atoms with van der Waals surface area (Å²) in [5, 5.41) is 11.4. The van der Waals surface area contributed by atoms with Gasteiger partial charge in [-0.15, -0.1) is 0 Å². The highest BCUT2D eigenvalue weighted by Crippen LogP contribution is 2.29. The predicted molar refractivity (Wildman–Crippen MR) is 140 cm³/mol. The van der Waals surface area contributed by atoms with E-state index < -0.39 is 12.1 Å². The Morgan fingerprint density at radius 2 is 1.78 bits per heavy atom. The molecule has 1 aromatic heterocycles. The van der Waals surface area contributed by atoms with Crippen molar-refractivity contribution in [1.29, 1.82) is 0 Å². The van der Waals surface area contributed by atoms with Gasteiger partial charge in [-0.3, -0.25) is 10.1 Å². The molecule has 0 saturated carbocycles. The molecule has 4 amide bonds. The number of hydrogen-bond donors (Lipinski definition) is 4. The Morgan fingerprint density at radius 1 is 0.972 bits per heavy atom. The van der Waals surface area contributed by atoms with Crippen molar-refractivity contribution in [3.05, 3.63) is 77.4 Å². The SMILES string of the molecule is Cc1ccc(NC(=O)Nc2nc3ccc(C(=O)Nc4ccc5c(c4)OC(=O)NCCC5)cc3s2)cc1. The van der Waals surface area contributed by atoms with Crippen LogP contribution in [-0.4, -0.2) is 29.6 Å². The highest BCUT2D eigenvalue weighted by molar-refractivity contribution is 7.22. The van der Waals surface area contributed by atoms with Crippen molar-refractivity contribution in [2.45, 2.75) is 19.8 Å². The number of aryl methyl sites for hydroxylation is 2. The van der Waals surface area contributed by atoms with Crippen LogP contribution in [0.1, 0.15) is 27.9 Å². The summed E-state index contributed by atoms with van der Waals surface area (Å²) < 4.78 is 6.11. The third-order valence-electron chi connectivity index (χ3n) is 5.60. The van der Waals surface area contributed by atoms with Gasteiger partial charge in [-0.25, -0.2) is 14.6 Å². The topological polar surface area (TPSA) is 121 Å². The molecule has 0 atom stereocenters. The van der Waals surface area contributed by atoms with Crippen LogP contribution in [-0.2, 0) is 6.42 Å². The monoisotopic (exact) mass is 501 g/mol. The average Bonchev–Trinajstić information content (AvgIpc) is 3.24. The van der Waals surface area contributed by atoms with Crippen LogP contribution in [0.4, 0.5) is 26.1 Å². The average molecular weight is 502 g/mol. The number of amides is 4. The van der Waals surface area contributed by atoms with Crippen molar-refractivity contribution >= 4 is 56.1 Å². The van der Waals surface area contributed by atoms with Crippen molar-refractivity contribution in [3.8, 4) is 5.75 Å². The minimum Gasteiger partial charge on any atom is -0.410 e. The van der Waals surface area contributed by atoms with Crippen LogP contribution >= 0.6 is 11.3 Å². The van der Waals surface area contributed by atoms with Gasteiger partial charge in [-0.05, 0) is 61.7 Å². The molecule has 5 rings (SSSR count). The highest BCUT2D eigenvalue weighted by atomic mass is 32.1. The predicted octanol–water partition coefficient (Wildman–Crippen LogP) is 5.54. The normalized spacial score (nSPS) is 13.0. The van der Waals surface area contributed by atoms with Gasteiger partial charge in [0.25, 0.3) is 5.91 Å². The minimum atomic E-state index is -0.507. The zero-order chi connectivity index (χ0) is 25.1. The summed E-state index contributed by atoms with van der Waals surface area (Å²) in [7, 11) is 0. The Hall–Kier alpha value is -4.44. The molecule has 4 aromatic rings. The third kappa shape index (κ3) is 5.44. The van der Waals surface area contributed by atoms with E-state index in [-0.39, 0.29) is 5.91 Å². The molecule has 0 aliphatic carbocycles. The first-order valence-electron chi connectivity index (χ1n) is 11.4. The fourth-order valence-corrected chi connectivity index (χ4v) is 4.66. The van der Waals surface area contributed by atoms with Gasteiger partial charge < -0.3 is 20.7 Å². The number of thiazole rings is 1. The number of carbonyl (C=O) groups is 3. The van der Waals surface area contributed by atoms with E-state index in [2.05, 4.69) is 26.3 Å². The largest absolute Gasteiger partial charge is 0.412 e. The Balaban J connectivity index is 1.27. The molecule has 36 heavy (non-hydrogen) atoms. The molecule has 182 valence electrons. The van der Waals surface area contributed by atoms with Gasteiger partial charge in [0.15, 0.2) is 5.13 Å². The van der Waals surface area contributed by atoms with E-state index in [0.29, 0.717) is 39.9 Å². The summed E-state index contributed by atoms with van der Waals surface area (Å²) >= 11 is 1.27. The second-order valence-corrected chi connectivity index (χ2v) is 9.37. The van der Waals surface area contributed by atoms with Gasteiger partial charge in [0, 0.05) is 29.5 Å². The Morgan fingerprint density at radius 3 is 2.61 bits per heavy atom. The summed E-state index contributed by atoms with van der Waals surface area (Å²) in [5.41, 5.74) is 4.32. The van der Waals surface area contributed by atoms with Crippen LogP contribution in [0.2, 0.25) is 0 Å². The van der Waals surface area contributed by atoms with E-state index >= 15 is 0 Å². The number of hydrogen-bond acceptors (Lipinski definition) is 6. The standard InChI is InChI=1S/C26H23N5O4S/c1-15-4-8-18(9-5-15)29-24(33)31-25-30-20-11-7-17(13-22(20)36-25)23(32)28-19-10-6-16-3-2-12-27-26(34)35-21(16)14-19/h4-11,13-14H,2-3,12H2,1H3,(H,27,34)(H,28,32)(H2,29,30,31,33). The van der Waals surface area contributed by atoms with Crippen molar-refractivity contribution in [1.82, 2.24) is 10.3 Å². The lowest BCUT2D eigenvalue weighted by atomic mass is 10.1. The molecule has 0 fully saturated rings. The van der Waals surface area contributed by atoms with Crippen LogP contribution in [0.25, 0.3) is 10.2 Å². The first-order valence-corrected chi connectivity index (χ1v) is 12.2. The summed E-state index contributed by atoms with van der Waals surface area (Å²) in [5.74, 6) is 0.120. The number of carbonyl (C=O) groups excluding carboxylic acids is 3. The first-order chi connectivity index (χ1) is 17.4. The zero-order valence-electron chi connectivity index (χ0n) is 19.4. The molecule has 3 aromatic carbocycles. The van der Waals surface area contributed by atoms with Gasteiger partial charge in [0.1, 0.15) is 5.75 Å². The maximum absolute atomic E-state index is 12.9. The van der Waals surface area contributed by atoms with E-state index in [1.54, 1.807) is 30.3 Å². The number of fused-ring (bicyclic) bond motifs is 2. The first kappa shape index (κ1) is 23.3. The fraction of sp³-hybridized carbons (Fsp3) is 0.154. The molecule has 0 radical (unpaired) electrons. The van der Waals surface area contributed by atoms with E-state index in [0.717, 1.165) is 28.7 Å². The molecular weight excluding hydrogens is 478 g/mol. The highest BCUT2D eigenvalue weighted by Gasteiger charge is 2.16. The van der Waals surface area contributed by atoms with Crippen molar-refractivity contribution in [2.75, 3.05) is 22.5 Å². The van der Waals surface area contributed by atoms with Gasteiger partial charge in [0.2, 0.25) is 0 Å². The molecule has 0 bridgehead atoms. The maximum Gasteiger partial charge on any atom is 0.412 e. The minimum absolute atomic E-state index is 0.313. The van der Waals surface area contributed by atoms with E-state index in [1.165, 1.54) is 11.3 Å². The van der Waals surface area contributed by atoms with E-state index in [1.807, 2.05) is 37.3 Å². The summed E-state index contributed by atoms with van der Waals surface area (Å²) in [6, 6.07) is 17.5. The van der Waals surface area contributed by atoms with E-state index in [4.69, 9.17) is 4.74 Å². The molecule has 1 aliphatic heterocycles. The number of aromatic nitrogens is 1. The number of ether oxygens (including phenoxy) is 1. The second kappa shape index (κ2) is 10.0. The van der Waals surface area contributed by atoms with Gasteiger partial charge in [-0.2, -0.15) is 0 Å². The molecule has 0 spiro atoms. The van der Waals surface area contributed by atoms with Gasteiger partial charge in [0.05, 0.1) is 10.2 Å². The van der Waals surface area contributed by atoms with Crippen molar-refractivity contribution < 1.29 is 19.1 Å². The van der Waals surface area contributed by atoms with E-state index in [9.17, 15) is 14.4 Å². The molecule has 2 heterocycles. The van der Waals surface area contributed by atoms with Crippen LogP contribution in [0, 0.1) is 6.92 Å². The van der Waals surface area contributed by atoms with Crippen LogP contribution in [0.5, 0.6) is 5.75 Å². The third-order valence-corrected chi connectivity index (χ3v) is 6.53. The number of nitrogens with zero attached hydrogens (tertiary/aromatic N) is 1. The number of anilines is 3. The molecule has 0 saturated heterocycles. The Labute approximate surface area is 210 Å². The number of nitrogens with one attached hydrogen (secondary N) is 4. The second-order valence-electron chi connectivity index (χ2n) is 8.34. The molecule has 1 aliphatic rings. The van der Waals surface area contributed by atoms with Crippen LogP contribution < -0.4 is 26.0 Å². The lowest BCUT2D eigenvalue weighted by Gasteiger charge is -2.16. The van der Waals surface area contributed by atoms with Crippen molar-refractivity contribution in [3.63, 3.8) is 0 Å². The summed E-state index contributed by atoms with van der Waals surface area (Å²) in [4.78, 5) is 41.4. The fourth-order valence-electron chi connectivity index (χ4n) is 3.76. The lowest BCUT2D eigenvalue weighted by molar-refractivity contribution is 0.102. The summed E-state index contributed by atoms with van der Waals surface area (Å²) in [6.45, 7) is 2.54. The number of benzene rings is 3. The quantitative estimate of drug-likeness (QED) is 0.293. The Kier molecular flexibility index (Phi) is 6.50. The lowest BCUT2D eigenvalue weighted by Crippen LogP contribution is -2.30. The molecule has 0 unspecified atom stereocenters. The van der Waals surface area contributed by atoms with Crippen LogP contribution in [0.3, 0.4) is 0 Å². The number of rotatable bonds is 4. The van der Waals surface area contributed by atoms with Crippen LogP contribution in [0.15, 0.2) is 60.7 Å². The zero-order valence-corrected chi connectivity index (χ0v) is 20.2. The molecule has 4 N–H and O–H groups in total. The Bertz CT molecular complexity index is 1470. The smallest absolute Gasteiger partial charge is 0.410 e. The summed E-state index contributed by atoms with van der Waals surface area (Å²) in [6.07, 6.45) is 1.07. The number of urea groups is 1. The molecular formula is C26H23N5O4S. The molecule has 9 nitrogen and oxygen atoms in total. The van der Waals surface area contributed by atoms with Gasteiger partial charge >= 0.3 is 12.1 Å². The molecule has 10 heteroatoms. The maximum atomic E-state index is 12.9. The van der Waals surface area contributed by atoms with Crippen molar-refractivity contribution in [2.24, 2.45) is 0 Å². The van der Waals surface area contributed by atoms with Gasteiger partial charge in [-0.1, -0.05) is 35.1 Å².